The number of carbonyl (C=O) groups excluding carboxylic acids is 2. The number of nitrogens with zero attached hydrogens (tertiary/aromatic N) is 3. The van der Waals surface area contributed by atoms with Gasteiger partial charge in [0.1, 0.15) is 0 Å². The number of benzene rings is 1. The minimum atomic E-state index is 0.126. The zero-order chi connectivity index (χ0) is 22.1. The van der Waals surface area contributed by atoms with Gasteiger partial charge in [-0.3, -0.25) is 9.59 Å². The number of rotatable bonds is 6. The highest BCUT2D eigenvalue weighted by Crippen LogP contribution is 2.21. The van der Waals surface area contributed by atoms with Crippen LogP contribution in [-0.4, -0.2) is 67.3 Å². The molecule has 0 unspecified atom stereocenters. The van der Waals surface area contributed by atoms with Crippen LogP contribution in [0.1, 0.15) is 61.4 Å². The predicted octanol–water partition coefficient (Wildman–Crippen LogP) is 2.63. The van der Waals surface area contributed by atoms with E-state index in [-0.39, 0.29) is 11.8 Å². The predicted molar refractivity (Wildman–Crippen MR) is 124 cm³/mol. The van der Waals surface area contributed by atoms with Crippen molar-refractivity contribution in [2.24, 2.45) is 10.9 Å². The van der Waals surface area contributed by atoms with Crippen molar-refractivity contribution in [2.45, 2.75) is 52.0 Å². The van der Waals surface area contributed by atoms with Gasteiger partial charge in [-0.2, -0.15) is 0 Å². The molecule has 0 aromatic heterocycles. The lowest BCUT2D eigenvalue weighted by atomic mass is 9.93. The minimum Gasteiger partial charge on any atom is -0.359 e. The van der Waals surface area contributed by atoms with E-state index in [0.717, 1.165) is 75.5 Å². The molecule has 2 N–H and O–H groups in total. The van der Waals surface area contributed by atoms with E-state index in [4.69, 9.17) is 4.99 Å². The molecule has 2 heterocycles. The Kier molecular flexibility index (Phi) is 8.74. The third-order valence-electron chi connectivity index (χ3n) is 6.26. The summed E-state index contributed by atoms with van der Waals surface area (Å²) in [5, 5.41) is 6.12. The SMILES string of the molecule is CCNC(=NCc1ccc(C(=O)N2CCCCC2)cc1)N1CCC(CC(=O)NC)CC1. The number of carbonyl (C=O) groups is 2. The average Bonchev–Trinajstić information content (AvgIpc) is 2.82. The van der Waals surface area contributed by atoms with E-state index < -0.39 is 0 Å². The molecule has 2 aliphatic heterocycles. The van der Waals surface area contributed by atoms with Crippen molar-refractivity contribution < 1.29 is 9.59 Å². The van der Waals surface area contributed by atoms with E-state index in [2.05, 4.69) is 22.5 Å². The maximum Gasteiger partial charge on any atom is 0.253 e. The van der Waals surface area contributed by atoms with Crippen LogP contribution in [0.3, 0.4) is 0 Å². The monoisotopic (exact) mass is 427 g/mol. The number of piperidine rings is 2. The first-order valence-corrected chi connectivity index (χ1v) is 11.7. The van der Waals surface area contributed by atoms with Gasteiger partial charge in [0.15, 0.2) is 5.96 Å². The Balaban J connectivity index is 1.55. The van der Waals surface area contributed by atoms with Crippen LogP contribution in [0.5, 0.6) is 0 Å². The van der Waals surface area contributed by atoms with Crippen molar-refractivity contribution in [1.29, 1.82) is 0 Å². The number of hydrogen-bond acceptors (Lipinski definition) is 3. The van der Waals surface area contributed by atoms with Gasteiger partial charge in [0.2, 0.25) is 5.91 Å². The third kappa shape index (κ3) is 6.71. The molecule has 0 bridgehead atoms. The highest BCUT2D eigenvalue weighted by molar-refractivity contribution is 5.94. The molecule has 2 aliphatic rings. The summed E-state index contributed by atoms with van der Waals surface area (Å²) in [5.74, 6) is 1.64. The number of likely N-dealkylation sites (tertiary alicyclic amines) is 2. The van der Waals surface area contributed by atoms with Crippen molar-refractivity contribution in [2.75, 3.05) is 39.8 Å². The molecule has 0 atom stereocenters. The maximum absolute atomic E-state index is 12.6. The smallest absolute Gasteiger partial charge is 0.253 e. The molecule has 1 aromatic carbocycles. The molecular weight excluding hydrogens is 390 g/mol. The van der Waals surface area contributed by atoms with E-state index >= 15 is 0 Å². The zero-order valence-corrected chi connectivity index (χ0v) is 19.0. The van der Waals surface area contributed by atoms with E-state index in [1.807, 2.05) is 29.2 Å². The Morgan fingerprint density at radius 3 is 2.29 bits per heavy atom. The molecule has 0 aliphatic carbocycles. The fourth-order valence-electron chi connectivity index (χ4n) is 4.34. The molecule has 1 aromatic rings. The Bertz CT molecular complexity index is 748. The van der Waals surface area contributed by atoms with Crippen LogP contribution in [0, 0.1) is 5.92 Å². The first-order chi connectivity index (χ1) is 15.1. The summed E-state index contributed by atoms with van der Waals surface area (Å²) < 4.78 is 0. The zero-order valence-electron chi connectivity index (χ0n) is 19.0. The van der Waals surface area contributed by atoms with Crippen LogP contribution in [0.2, 0.25) is 0 Å². The quantitative estimate of drug-likeness (QED) is 0.541. The standard InChI is InChI=1S/C24H37N5O2/c1-3-26-24(29-15-11-19(12-16-29)17-22(30)25-2)27-18-20-7-9-21(10-8-20)23(31)28-13-5-4-6-14-28/h7-10,19H,3-6,11-18H2,1-2H3,(H,25,30)(H,26,27). The summed E-state index contributed by atoms with van der Waals surface area (Å²) >= 11 is 0. The van der Waals surface area contributed by atoms with Crippen LogP contribution < -0.4 is 10.6 Å². The van der Waals surface area contributed by atoms with E-state index in [0.29, 0.717) is 18.9 Å². The lowest BCUT2D eigenvalue weighted by Crippen LogP contribution is -2.46. The summed E-state index contributed by atoms with van der Waals surface area (Å²) in [6, 6.07) is 7.89. The summed E-state index contributed by atoms with van der Waals surface area (Å²) in [5.41, 5.74) is 1.86. The normalized spacial score (nSPS) is 18.1. The van der Waals surface area contributed by atoms with Gasteiger partial charge in [-0.05, 0) is 62.6 Å². The molecule has 0 saturated carbocycles. The summed E-state index contributed by atoms with van der Waals surface area (Å²) in [4.78, 5) is 33.4. The van der Waals surface area contributed by atoms with Gasteiger partial charge in [-0.15, -0.1) is 0 Å². The van der Waals surface area contributed by atoms with Gasteiger partial charge in [0.25, 0.3) is 5.91 Å². The highest BCUT2D eigenvalue weighted by atomic mass is 16.2. The number of amides is 2. The van der Waals surface area contributed by atoms with Gasteiger partial charge in [0, 0.05) is 51.8 Å². The fraction of sp³-hybridized carbons (Fsp3) is 0.625. The molecule has 2 amide bonds. The Labute approximate surface area is 186 Å². The first kappa shape index (κ1) is 23.1. The van der Waals surface area contributed by atoms with Crippen molar-refractivity contribution >= 4 is 17.8 Å². The molecule has 2 saturated heterocycles. The minimum absolute atomic E-state index is 0.126. The lowest BCUT2D eigenvalue weighted by Gasteiger charge is -2.34. The average molecular weight is 428 g/mol. The summed E-state index contributed by atoms with van der Waals surface area (Å²) in [6.07, 6.45) is 6.06. The molecule has 0 radical (unpaired) electrons. The largest absolute Gasteiger partial charge is 0.359 e. The van der Waals surface area contributed by atoms with Crippen molar-refractivity contribution in [3.8, 4) is 0 Å². The van der Waals surface area contributed by atoms with Crippen LogP contribution in [0.4, 0.5) is 0 Å². The van der Waals surface area contributed by atoms with Crippen LogP contribution >= 0.6 is 0 Å². The second-order valence-electron chi connectivity index (χ2n) is 8.53. The molecule has 3 rings (SSSR count). The van der Waals surface area contributed by atoms with Crippen molar-refractivity contribution in [3.05, 3.63) is 35.4 Å². The molecule has 7 nitrogen and oxygen atoms in total. The lowest BCUT2D eigenvalue weighted by molar-refractivity contribution is -0.121. The topological polar surface area (TPSA) is 77.0 Å². The van der Waals surface area contributed by atoms with Gasteiger partial charge in [-0.1, -0.05) is 12.1 Å². The number of guanidine groups is 1. The van der Waals surface area contributed by atoms with Gasteiger partial charge in [0.05, 0.1) is 6.54 Å². The molecule has 170 valence electrons. The number of nitrogens with one attached hydrogen (secondary N) is 2. The summed E-state index contributed by atoms with van der Waals surface area (Å²) in [7, 11) is 1.70. The van der Waals surface area contributed by atoms with Gasteiger partial charge < -0.3 is 20.4 Å². The molecule has 7 heteroatoms. The second-order valence-corrected chi connectivity index (χ2v) is 8.53. The Morgan fingerprint density at radius 2 is 1.68 bits per heavy atom. The Morgan fingerprint density at radius 1 is 1.00 bits per heavy atom. The fourth-order valence-corrected chi connectivity index (χ4v) is 4.34. The number of aliphatic imine (C=N–C) groups is 1. The maximum atomic E-state index is 12.6. The van der Waals surface area contributed by atoms with Crippen molar-refractivity contribution in [3.63, 3.8) is 0 Å². The van der Waals surface area contributed by atoms with E-state index in [1.165, 1.54) is 6.42 Å². The molecular formula is C24H37N5O2. The second kappa shape index (κ2) is 11.7. The molecule has 31 heavy (non-hydrogen) atoms. The number of hydrogen-bond donors (Lipinski definition) is 2. The molecule has 2 fully saturated rings. The Hall–Kier alpha value is -2.57. The van der Waals surface area contributed by atoms with E-state index in [9.17, 15) is 9.59 Å². The first-order valence-electron chi connectivity index (χ1n) is 11.7. The van der Waals surface area contributed by atoms with Crippen LogP contribution in [-0.2, 0) is 11.3 Å². The van der Waals surface area contributed by atoms with Crippen molar-refractivity contribution in [1.82, 2.24) is 20.4 Å². The molecule has 0 spiro atoms. The van der Waals surface area contributed by atoms with Crippen LogP contribution in [0.25, 0.3) is 0 Å². The van der Waals surface area contributed by atoms with E-state index in [1.54, 1.807) is 7.05 Å². The van der Waals surface area contributed by atoms with Gasteiger partial charge >= 0.3 is 0 Å². The van der Waals surface area contributed by atoms with Crippen LogP contribution in [0.15, 0.2) is 29.3 Å². The van der Waals surface area contributed by atoms with Gasteiger partial charge in [-0.25, -0.2) is 4.99 Å². The highest BCUT2D eigenvalue weighted by Gasteiger charge is 2.23. The summed E-state index contributed by atoms with van der Waals surface area (Å²) in [6.45, 7) is 7.05. The third-order valence-corrected chi connectivity index (χ3v) is 6.26.